The third kappa shape index (κ3) is 13.7. The molecule has 77 heavy (non-hydrogen) atoms. The maximum absolute atomic E-state index is 14.9. The Hall–Kier alpha value is -6.80. The van der Waals surface area contributed by atoms with Gasteiger partial charge in [0.25, 0.3) is 23.6 Å². The molecule has 1 aromatic heterocycles. The number of anilines is 1. The van der Waals surface area contributed by atoms with Gasteiger partial charge in [-0.05, 0) is 99.5 Å². The maximum atomic E-state index is 14.9. The summed E-state index contributed by atoms with van der Waals surface area (Å²) in [5, 5.41) is 20.1. The van der Waals surface area contributed by atoms with Gasteiger partial charge >= 0.3 is 0 Å². The molecule has 416 valence electrons. The Kier molecular flexibility index (Phi) is 18.4. The standard InChI is InChI=1S/C56H77N11O10/c1-5-15-39(46(69)53(75)61-34-22-23-34)62-52(74)45-35-19-13-18-33(35)30-67(45)55(77)47(56(2,3)4)65-51(73)44(32-16-9-8-10-17-32)64-49(71)41-29-59-40(28-60-41)48(70)58-27-12-7-6-11-26-57-38-21-14-20-36-37(38)31-66(54(36)76)42-24-25-43(68)63-50(42)72/h14,20-21,28-29,32-35,39,42,44-45,47,57H,5-13,15-19,22-27,30-31H2,1-4H3,(H,58,70)(H,61,75)(H,62,74)(H,64,71)(H,65,73)(H,63,68,72)/t33-,35-,39-,42?,44-,45-,47+/m0/s1. The number of nitrogens with one attached hydrogen (secondary N) is 7. The van der Waals surface area contributed by atoms with Crippen LogP contribution >= 0.6 is 0 Å². The number of fused-ring (bicyclic) bond motifs is 2. The van der Waals surface area contributed by atoms with Gasteiger partial charge in [0.15, 0.2) is 0 Å². The molecule has 0 spiro atoms. The first-order valence-corrected chi connectivity index (χ1v) is 28.1. The third-order valence-corrected chi connectivity index (χ3v) is 16.3. The predicted octanol–water partition coefficient (Wildman–Crippen LogP) is 3.61. The summed E-state index contributed by atoms with van der Waals surface area (Å²) in [5.74, 6) is -5.28. The second-order valence-corrected chi connectivity index (χ2v) is 23.0. The molecule has 1 aromatic carbocycles. The van der Waals surface area contributed by atoms with Crippen LogP contribution in [0.25, 0.3) is 0 Å². The van der Waals surface area contributed by atoms with Gasteiger partial charge in [-0.3, -0.25) is 53.3 Å². The summed E-state index contributed by atoms with van der Waals surface area (Å²) in [6, 6.07) is 0.735. The molecule has 3 aliphatic heterocycles. The highest BCUT2D eigenvalue weighted by atomic mass is 16.2. The normalized spacial score (nSPS) is 22.5. The van der Waals surface area contributed by atoms with E-state index in [0.717, 1.165) is 81.9 Å². The summed E-state index contributed by atoms with van der Waals surface area (Å²) < 4.78 is 0. The fourth-order valence-corrected chi connectivity index (χ4v) is 11.9. The lowest BCUT2D eigenvalue weighted by Crippen LogP contribution is -2.62. The third-order valence-electron chi connectivity index (χ3n) is 16.3. The lowest BCUT2D eigenvalue weighted by atomic mass is 9.82. The topological polar surface area (TPSA) is 287 Å². The van der Waals surface area contributed by atoms with E-state index in [4.69, 9.17) is 0 Å². The summed E-state index contributed by atoms with van der Waals surface area (Å²) in [7, 11) is 0. The number of Topliss-reactive ketones (excluding diaryl/α,β-unsaturated/α-hetero) is 1. The molecule has 4 heterocycles. The van der Waals surface area contributed by atoms with Crippen molar-refractivity contribution in [1.29, 1.82) is 0 Å². The van der Waals surface area contributed by atoms with Crippen molar-refractivity contribution in [3.05, 3.63) is 53.1 Å². The number of carbonyl (C=O) groups is 10. The van der Waals surface area contributed by atoms with Crippen LogP contribution in [0.1, 0.15) is 180 Å². The Morgan fingerprint density at radius 1 is 0.792 bits per heavy atom. The van der Waals surface area contributed by atoms with Crippen molar-refractivity contribution in [2.24, 2.45) is 23.2 Å². The molecule has 3 saturated carbocycles. The van der Waals surface area contributed by atoms with Crippen molar-refractivity contribution in [2.45, 2.75) is 186 Å². The summed E-state index contributed by atoms with van der Waals surface area (Å²) in [5.41, 5.74) is 1.32. The van der Waals surface area contributed by atoms with Gasteiger partial charge in [0.1, 0.15) is 35.6 Å². The van der Waals surface area contributed by atoms with Crippen LogP contribution in [-0.2, 0) is 40.1 Å². The fourth-order valence-electron chi connectivity index (χ4n) is 11.9. The Labute approximate surface area is 450 Å². The van der Waals surface area contributed by atoms with Gasteiger partial charge in [-0.15, -0.1) is 0 Å². The highest BCUT2D eigenvalue weighted by Crippen LogP contribution is 2.43. The monoisotopic (exact) mass is 1060 g/mol. The van der Waals surface area contributed by atoms with E-state index in [2.05, 4.69) is 47.2 Å². The molecule has 2 saturated heterocycles. The number of amides is 9. The van der Waals surface area contributed by atoms with Gasteiger partial charge in [0.2, 0.25) is 35.3 Å². The number of aromatic nitrogens is 2. The Balaban J connectivity index is 0.820. The van der Waals surface area contributed by atoms with Gasteiger partial charge < -0.3 is 41.7 Å². The van der Waals surface area contributed by atoms with Gasteiger partial charge in [-0.25, -0.2) is 9.97 Å². The minimum atomic E-state index is -1.09. The fraction of sp³-hybridized carbons (Fsp3) is 0.643. The van der Waals surface area contributed by atoms with Crippen molar-refractivity contribution < 1.29 is 47.9 Å². The first kappa shape index (κ1) is 56.4. The molecule has 7 N–H and O–H groups in total. The molecule has 9 amide bonds. The summed E-state index contributed by atoms with van der Waals surface area (Å²) >= 11 is 0. The average molecular weight is 1060 g/mol. The second kappa shape index (κ2) is 25.1. The lowest BCUT2D eigenvalue weighted by Gasteiger charge is -2.38. The van der Waals surface area contributed by atoms with Crippen LogP contribution in [0.5, 0.6) is 0 Å². The maximum Gasteiger partial charge on any atom is 0.289 e. The van der Waals surface area contributed by atoms with Gasteiger partial charge in [-0.1, -0.05) is 78.7 Å². The van der Waals surface area contributed by atoms with E-state index in [9.17, 15) is 47.9 Å². The zero-order valence-electron chi connectivity index (χ0n) is 45.0. The summed E-state index contributed by atoms with van der Waals surface area (Å²) in [6.07, 6.45) is 15.1. The Morgan fingerprint density at radius 3 is 2.18 bits per heavy atom. The Bertz CT molecular complexity index is 2570. The molecule has 1 unspecified atom stereocenters. The second-order valence-electron chi connectivity index (χ2n) is 23.0. The van der Waals surface area contributed by atoms with Gasteiger partial charge in [0, 0.05) is 55.5 Å². The highest BCUT2D eigenvalue weighted by molar-refractivity contribution is 6.38. The number of hydrogen-bond donors (Lipinski definition) is 7. The van der Waals surface area contributed by atoms with Crippen LogP contribution in [0, 0.1) is 23.2 Å². The van der Waals surface area contributed by atoms with E-state index in [-0.39, 0.29) is 66.4 Å². The minimum absolute atomic E-state index is 0.0218. The first-order chi connectivity index (χ1) is 36.9. The zero-order chi connectivity index (χ0) is 55.0. The lowest BCUT2D eigenvalue weighted by molar-refractivity contribution is -0.146. The number of nitrogens with zero attached hydrogens (tertiary/aromatic N) is 4. The molecule has 0 bridgehead atoms. The molecular weight excluding hydrogens is 987 g/mol. The molecule has 7 atom stereocenters. The SMILES string of the molecule is CCC[C@H](NC(=O)[C@@H]1[C@H]2CCC[C@H]2CN1C(=O)[C@@H](NC(=O)[C@@H](NC(=O)c1cnc(C(=O)NCCCCCCNc2cccc3c2CN(C2CCC(=O)NC2=O)C3=O)cn1)C1CCCCC1)C(C)(C)C)C(=O)C(=O)NC1CC1. The van der Waals surface area contributed by atoms with Crippen molar-refractivity contribution >= 4 is 64.6 Å². The van der Waals surface area contributed by atoms with Crippen molar-refractivity contribution in [2.75, 3.05) is 25.0 Å². The van der Waals surface area contributed by atoms with Crippen molar-refractivity contribution in [3.8, 4) is 0 Å². The van der Waals surface area contributed by atoms with E-state index in [0.29, 0.717) is 57.3 Å². The van der Waals surface area contributed by atoms with Crippen LogP contribution in [0.4, 0.5) is 5.69 Å². The molecule has 5 fully saturated rings. The Morgan fingerprint density at radius 2 is 1.51 bits per heavy atom. The van der Waals surface area contributed by atoms with Crippen LogP contribution in [0.2, 0.25) is 0 Å². The number of piperidine rings is 1. The van der Waals surface area contributed by atoms with Gasteiger partial charge in [-0.2, -0.15) is 0 Å². The quantitative estimate of drug-likeness (QED) is 0.0477. The van der Waals surface area contributed by atoms with Crippen molar-refractivity contribution in [1.82, 2.24) is 51.7 Å². The molecular formula is C56H77N11O10. The number of benzene rings is 1. The van der Waals surface area contributed by atoms with E-state index < -0.39 is 82.8 Å². The van der Waals surface area contributed by atoms with E-state index in [1.807, 2.05) is 39.8 Å². The van der Waals surface area contributed by atoms with E-state index >= 15 is 0 Å². The largest absolute Gasteiger partial charge is 0.385 e. The smallest absolute Gasteiger partial charge is 0.289 e. The van der Waals surface area contributed by atoms with E-state index in [1.54, 1.807) is 11.0 Å². The molecule has 21 heteroatoms. The zero-order valence-corrected chi connectivity index (χ0v) is 45.0. The van der Waals surface area contributed by atoms with Crippen LogP contribution in [0.15, 0.2) is 30.6 Å². The molecule has 3 aliphatic carbocycles. The number of carbonyl (C=O) groups excluding carboxylic acids is 10. The van der Waals surface area contributed by atoms with Crippen molar-refractivity contribution in [3.63, 3.8) is 0 Å². The van der Waals surface area contributed by atoms with E-state index in [1.165, 1.54) is 17.3 Å². The number of hydrogen-bond acceptors (Lipinski definition) is 13. The van der Waals surface area contributed by atoms with Gasteiger partial charge in [0.05, 0.1) is 18.4 Å². The van der Waals surface area contributed by atoms with Crippen LogP contribution in [0.3, 0.4) is 0 Å². The average Bonchev–Trinajstić information content (AvgIpc) is 3.93. The highest BCUT2D eigenvalue weighted by Gasteiger charge is 2.53. The number of imide groups is 1. The number of unbranched alkanes of at least 4 members (excludes halogenated alkanes) is 3. The first-order valence-electron chi connectivity index (χ1n) is 28.1. The number of likely N-dealkylation sites (tertiary alicyclic amines) is 1. The predicted molar refractivity (Wildman–Crippen MR) is 282 cm³/mol. The molecule has 21 nitrogen and oxygen atoms in total. The van der Waals surface area contributed by atoms with Crippen LogP contribution in [-0.4, -0.2) is 135 Å². The molecule has 0 radical (unpaired) electrons. The summed E-state index contributed by atoms with van der Waals surface area (Å²) in [6.45, 7) is 9.03. The molecule has 8 rings (SSSR count). The molecule has 6 aliphatic rings. The van der Waals surface area contributed by atoms with Crippen LogP contribution < -0.4 is 37.2 Å². The number of rotatable bonds is 23. The number of ketones is 1. The minimum Gasteiger partial charge on any atom is -0.385 e. The summed E-state index contributed by atoms with van der Waals surface area (Å²) in [4.78, 5) is 146. The molecule has 2 aromatic rings.